The van der Waals surface area contributed by atoms with E-state index in [0.29, 0.717) is 17.3 Å². The lowest BCUT2D eigenvalue weighted by atomic mass is 10.0. The molecule has 0 saturated carbocycles. The van der Waals surface area contributed by atoms with Crippen LogP contribution >= 0.6 is 11.6 Å². The van der Waals surface area contributed by atoms with Gasteiger partial charge < -0.3 is 10.8 Å². The number of aliphatic hydroxyl groups is 1. The van der Waals surface area contributed by atoms with E-state index >= 15 is 0 Å². The number of hydrogen-bond donors (Lipinski definition) is 2. The normalized spacial score (nSPS) is 12.9. The highest BCUT2D eigenvalue weighted by molar-refractivity contribution is 6.35. The van der Waals surface area contributed by atoms with E-state index in [4.69, 9.17) is 17.3 Å². The van der Waals surface area contributed by atoms with Gasteiger partial charge in [-0.1, -0.05) is 17.7 Å². The minimum absolute atomic E-state index is 0.390. The van der Waals surface area contributed by atoms with Crippen LogP contribution in [0.4, 0.5) is 5.82 Å². The molecule has 2 rings (SSSR count). The third-order valence-electron chi connectivity index (χ3n) is 2.47. The highest BCUT2D eigenvalue weighted by Crippen LogP contribution is 2.27. The van der Waals surface area contributed by atoms with E-state index in [2.05, 4.69) is 4.98 Å². The van der Waals surface area contributed by atoms with Crippen LogP contribution < -0.4 is 5.73 Å². The van der Waals surface area contributed by atoms with Crippen LogP contribution in [-0.2, 0) is 6.42 Å². The van der Waals surface area contributed by atoms with Crippen molar-refractivity contribution in [2.75, 3.05) is 5.73 Å². The maximum atomic E-state index is 9.42. The molecule has 0 saturated heterocycles. The number of pyridine rings is 1. The van der Waals surface area contributed by atoms with Gasteiger partial charge in [-0.15, -0.1) is 0 Å². The lowest BCUT2D eigenvalue weighted by molar-refractivity contribution is 0.196. The van der Waals surface area contributed by atoms with E-state index in [9.17, 15) is 5.11 Å². The van der Waals surface area contributed by atoms with Crippen molar-refractivity contribution in [3.8, 4) is 0 Å². The summed E-state index contributed by atoms with van der Waals surface area (Å²) in [5.74, 6) is 0.460. The molecular formula is C12H13ClN2O. The van der Waals surface area contributed by atoms with E-state index in [1.54, 1.807) is 19.2 Å². The summed E-state index contributed by atoms with van der Waals surface area (Å²) in [6, 6.07) is 5.52. The molecule has 1 unspecified atom stereocenters. The summed E-state index contributed by atoms with van der Waals surface area (Å²) in [4.78, 5) is 4.02. The predicted molar refractivity (Wildman–Crippen MR) is 66.6 cm³/mol. The van der Waals surface area contributed by atoms with Gasteiger partial charge in [0.2, 0.25) is 0 Å². The fourth-order valence-electron chi connectivity index (χ4n) is 1.78. The molecule has 0 amide bonds. The first kappa shape index (κ1) is 11.2. The summed E-state index contributed by atoms with van der Waals surface area (Å²) in [6.07, 6.45) is 1.86. The fraction of sp³-hybridized carbons (Fsp3) is 0.250. The second-order valence-electron chi connectivity index (χ2n) is 3.91. The molecule has 0 spiro atoms. The van der Waals surface area contributed by atoms with Gasteiger partial charge in [-0.2, -0.15) is 0 Å². The second-order valence-corrected chi connectivity index (χ2v) is 4.32. The van der Waals surface area contributed by atoms with Crippen LogP contribution in [0.25, 0.3) is 10.8 Å². The van der Waals surface area contributed by atoms with Gasteiger partial charge in [-0.25, -0.2) is 4.98 Å². The first-order valence-electron chi connectivity index (χ1n) is 5.08. The molecule has 0 fully saturated rings. The lowest BCUT2D eigenvalue weighted by Gasteiger charge is -2.10. The highest BCUT2D eigenvalue weighted by atomic mass is 35.5. The molecule has 2 aromatic rings. The van der Waals surface area contributed by atoms with Crippen LogP contribution in [0, 0.1) is 0 Å². The van der Waals surface area contributed by atoms with Crippen molar-refractivity contribution >= 4 is 28.2 Å². The largest absolute Gasteiger partial charge is 0.393 e. The maximum Gasteiger partial charge on any atom is 0.123 e. The average Bonchev–Trinajstić information content (AvgIpc) is 2.22. The van der Waals surface area contributed by atoms with Crippen molar-refractivity contribution in [3.63, 3.8) is 0 Å². The number of hydrogen-bond acceptors (Lipinski definition) is 3. The molecule has 1 heterocycles. The van der Waals surface area contributed by atoms with E-state index < -0.39 is 6.10 Å². The monoisotopic (exact) mass is 236 g/mol. The standard InChI is InChI=1S/C12H13ClN2O/c1-7(16)4-8-2-3-11(13)10-6-15-12(14)5-9(8)10/h2-3,5-7,16H,4H2,1H3,(H2,14,15). The Morgan fingerprint density at radius 3 is 2.88 bits per heavy atom. The highest BCUT2D eigenvalue weighted by Gasteiger charge is 2.08. The van der Waals surface area contributed by atoms with E-state index in [0.717, 1.165) is 16.3 Å². The van der Waals surface area contributed by atoms with Crippen molar-refractivity contribution in [2.45, 2.75) is 19.4 Å². The summed E-state index contributed by atoms with van der Waals surface area (Å²) < 4.78 is 0. The van der Waals surface area contributed by atoms with Gasteiger partial charge in [0, 0.05) is 16.6 Å². The Hall–Kier alpha value is -1.32. The minimum Gasteiger partial charge on any atom is -0.393 e. The third-order valence-corrected chi connectivity index (χ3v) is 2.80. The molecule has 0 aliphatic rings. The Morgan fingerprint density at radius 1 is 1.44 bits per heavy atom. The number of nitrogens with zero attached hydrogens (tertiary/aromatic N) is 1. The van der Waals surface area contributed by atoms with E-state index in [1.165, 1.54) is 0 Å². The Morgan fingerprint density at radius 2 is 2.19 bits per heavy atom. The van der Waals surface area contributed by atoms with Crippen molar-refractivity contribution < 1.29 is 5.11 Å². The maximum absolute atomic E-state index is 9.42. The summed E-state index contributed by atoms with van der Waals surface area (Å²) in [5, 5.41) is 11.9. The van der Waals surface area contributed by atoms with Gasteiger partial charge >= 0.3 is 0 Å². The average molecular weight is 237 g/mol. The molecule has 3 nitrogen and oxygen atoms in total. The van der Waals surface area contributed by atoms with Crippen LogP contribution in [-0.4, -0.2) is 16.2 Å². The first-order chi connectivity index (χ1) is 7.58. The van der Waals surface area contributed by atoms with Crippen LogP contribution in [0.2, 0.25) is 5.02 Å². The van der Waals surface area contributed by atoms with Crippen molar-refractivity contribution in [3.05, 3.63) is 35.0 Å². The molecule has 3 N–H and O–H groups in total. The van der Waals surface area contributed by atoms with Gasteiger partial charge in [0.05, 0.1) is 6.10 Å². The Balaban J connectivity index is 2.65. The quantitative estimate of drug-likeness (QED) is 0.842. The first-order valence-corrected chi connectivity index (χ1v) is 5.46. The number of aromatic nitrogens is 1. The molecule has 1 aromatic heterocycles. The molecule has 0 aliphatic heterocycles. The number of fused-ring (bicyclic) bond motifs is 1. The van der Waals surface area contributed by atoms with Gasteiger partial charge in [0.25, 0.3) is 0 Å². The zero-order chi connectivity index (χ0) is 11.7. The smallest absolute Gasteiger partial charge is 0.123 e. The number of nitrogen functional groups attached to an aromatic ring is 1. The number of nitrogens with two attached hydrogens (primary N) is 1. The molecule has 84 valence electrons. The van der Waals surface area contributed by atoms with E-state index in [1.807, 2.05) is 12.1 Å². The molecular weight excluding hydrogens is 224 g/mol. The van der Waals surface area contributed by atoms with Crippen molar-refractivity contribution in [2.24, 2.45) is 0 Å². The number of halogens is 1. The minimum atomic E-state index is -0.390. The summed E-state index contributed by atoms with van der Waals surface area (Å²) >= 11 is 6.07. The molecule has 0 bridgehead atoms. The molecule has 4 heteroatoms. The molecule has 0 aliphatic carbocycles. The third kappa shape index (κ3) is 2.10. The fourth-order valence-corrected chi connectivity index (χ4v) is 1.99. The number of anilines is 1. The Labute approximate surface area is 98.9 Å². The van der Waals surface area contributed by atoms with Crippen molar-refractivity contribution in [1.29, 1.82) is 0 Å². The summed E-state index contributed by atoms with van der Waals surface area (Å²) in [5.41, 5.74) is 6.69. The lowest BCUT2D eigenvalue weighted by Crippen LogP contribution is -2.05. The second kappa shape index (κ2) is 4.28. The number of aliphatic hydroxyl groups excluding tert-OH is 1. The van der Waals surface area contributed by atoms with Crippen LogP contribution in [0.1, 0.15) is 12.5 Å². The van der Waals surface area contributed by atoms with Gasteiger partial charge in [0.15, 0.2) is 0 Å². The number of benzene rings is 1. The molecule has 16 heavy (non-hydrogen) atoms. The van der Waals surface area contributed by atoms with Crippen LogP contribution in [0.15, 0.2) is 24.4 Å². The van der Waals surface area contributed by atoms with Gasteiger partial charge in [-0.05, 0) is 36.4 Å². The summed E-state index contributed by atoms with van der Waals surface area (Å²) in [6.45, 7) is 1.75. The van der Waals surface area contributed by atoms with Crippen molar-refractivity contribution in [1.82, 2.24) is 4.98 Å². The predicted octanol–water partition coefficient (Wildman–Crippen LogP) is 2.39. The van der Waals surface area contributed by atoms with Crippen LogP contribution in [0.5, 0.6) is 0 Å². The Kier molecular flexibility index (Phi) is 2.99. The van der Waals surface area contributed by atoms with Crippen LogP contribution in [0.3, 0.4) is 0 Å². The topological polar surface area (TPSA) is 59.1 Å². The molecule has 1 aromatic carbocycles. The Bertz CT molecular complexity index is 526. The zero-order valence-corrected chi connectivity index (χ0v) is 9.70. The van der Waals surface area contributed by atoms with Gasteiger partial charge in [0.1, 0.15) is 5.82 Å². The van der Waals surface area contributed by atoms with E-state index in [-0.39, 0.29) is 0 Å². The van der Waals surface area contributed by atoms with Gasteiger partial charge in [-0.3, -0.25) is 0 Å². The molecule has 1 atom stereocenters. The SMILES string of the molecule is CC(O)Cc1ccc(Cl)c2cnc(N)cc12. The zero-order valence-electron chi connectivity index (χ0n) is 8.94. The molecule has 0 radical (unpaired) electrons. The number of rotatable bonds is 2. The summed E-state index contributed by atoms with van der Waals surface area (Å²) in [7, 11) is 0.